The van der Waals surface area contributed by atoms with Crippen LogP contribution in [0, 0.1) is 0 Å². The van der Waals surface area contributed by atoms with Crippen molar-refractivity contribution in [2.45, 2.75) is 11.8 Å². The maximum absolute atomic E-state index is 13.1. The zero-order valence-corrected chi connectivity index (χ0v) is 17.0. The normalized spacial score (nSPS) is 11.2. The van der Waals surface area contributed by atoms with Gasteiger partial charge >= 0.3 is 5.97 Å². The number of hydrogen-bond donors (Lipinski definition) is 0. The Morgan fingerprint density at radius 2 is 1.68 bits per heavy atom. The predicted molar refractivity (Wildman–Crippen MR) is 102 cm³/mol. The topological polar surface area (TPSA) is 63.7 Å². The van der Waals surface area contributed by atoms with Crippen LogP contribution in [0.3, 0.4) is 0 Å². The highest BCUT2D eigenvalue weighted by molar-refractivity contribution is 9.10. The maximum atomic E-state index is 13.1. The largest absolute Gasteiger partial charge is 0.465 e. The third kappa shape index (κ3) is 4.67. The molecule has 0 saturated carbocycles. The van der Waals surface area contributed by atoms with Crippen LogP contribution in [0.1, 0.15) is 6.92 Å². The van der Waals surface area contributed by atoms with Crippen LogP contribution in [0.25, 0.3) is 0 Å². The van der Waals surface area contributed by atoms with Crippen molar-refractivity contribution in [1.29, 1.82) is 0 Å². The molecule has 0 aliphatic heterocycles. The van der Waals surface area contributed by atoms with E-state index in [2.05, 4.69) is 15.9 Å². The van der Waals surface area contributed by atoms with Crippen molar-refractivity contribution in [3.05, 3.63) is 57.0 Å². The van der Waals surface area contributed by atoms with E-state index in [1.165, 1.54) is 24.3 Å². The van der Waals surface area contributed by atoms with Crippen molar-refractivity contribution in [3.63, 3.8) is 0 Å². The fourth-order valence-electron chi connectivity index (χ4n) is 2.07. The number of carbonyl (C=O) groups is 1. The van der Waals surface area contributed by atoms with Crippen LogP contribution in [0.5, 0.6) is 0 Å². The average molecular weight is 467 g/mol. The van der Waals surface area contributed by atoms with Gasteiger partial charge in [-0.05, 0) is 43.3 Å². The molecule has 5 nitrogen and oxygen atoms in total. The van der Waals surface area contributed by atoms with E-state index < -0.39 is 22.5 Å². The van der Waals surface area contributed by atoms with E-state index >= 15 is 0 Å². The molecule has 0 amide bonds. The third-order valence-electron chi connectivity index (χ3n) is 3.17. The number of sulfonamides is 1. The van der Waals surface area contributed by atoms with Crippen molar-refractivity contribution in [2.24, 2.45) is 0 Å². The smallest absolute Gasteiger partial charge is 0.326 e. The summed E-state index contributed by atoms with van der Waals surface area (Å²) < 4.78 is 32.6. The number of nitrogens with zero attached hydrogens (tertiary/aromatic N) is 1. The Morgan fingerprint density at radius 3 is 2.20 bits per heavy atom. The van der Waals surface area contributed by atoms with Crippen molar-refractivity contribution in [1.82, 2.24) is 0 Å². The second-order valence-electron chi connectivity index (χ2n) is 4.84. The van der Waals surface area contributed by atoms with Crippen LogP contribution >= 0.6 is 39.1 Å². The highest BCUT2D eigenvalue weighted by Crippen LogP contribution is 2.36. The van der Waals surface area contributed by atoms with E-state index in [1.54, 1.807) is 25.1 Å². The van der Waals surface area contributed by atoms with Gasteiger partial charge in [-0.2, -0.15) is 0 Å². The predicted octanol–water partition coefficient (Wildman–Crippen LogP) is 4.51. The van der Waals surface area contributed by atoms with E-state index in [0.717, 1.165) is 8.78 Å². The summed E-state index contributed by atoms with van der Waals surface area (Å²) in [7, 11) is -4.09. The molecule has 0 aliphatic rings. The molecule has 2 aromatic rings. The van der Waals surface area contributed by atoms with E-state index in [0.29, 0.717) is 0 Å². The van der Waals surface area contributed by atoms with Crippen molar-refractivity contribution >= 4 is 60.8 Å². The van der Waals surface area contributed by atoms with Gasteiger partial charge in [0.2, 0.25) is 0 Å². The molecule has 0 heterocycles. The van der Waals surface area contributed by atoms with Crippen molar-refractivity contribution < 1.29 is 17.9 Å². The quantitative estimate of drug-likeness (QED) is 0.587. The second kappa shape index (κ2) is 8.40. The Balaban J connectivity index is 2.58. The number of anilines is 1. The monoisotopic (exact) mass is 465 g/mol. The van der Waals surface area contributed by atoms with E-state index in [4.69, 9.17) is 27.9 Å². The number of hydrogen-bond acceptors (Lipinski definition) is 4. The molecule has 2 aromatic carbocycles. The van der Waals surface area contributed by atoms with Crippen LogP contribution < -0.4 is 4.31 Å². The highest BCUT2D eigenvalue weighted by Gasteiger charge is 2.30. The first kappa shape index (κ1) is 20.0. The molecule has 0 unspecified atom stereocenters. The first-order valence-corrected chi connectivity index (χ1v) is 10.1. The van der Waals surface area contributed by atoms with Crippen LogP contribution in [-0.2, 0) is 19.6 Å². The summed E-state index contributed by atoms with van der Waals surface area (Å²) in [6.45, 7) is 1.21. The minimum absolute atomic E-state index is 0.00372. The number of esters is 1. The molecule has 2 rings (SSSR count). The standard InChI is InChI=1S/C16H14BrCl2NO4S/c1-2-24-15(21)10-20(16-13(18)4-3-5-14(16)19)25(22,23)12-8-6-11(17)7-9-12/h3-9H,2,10H2,1H3. The van der Waals surface area contributed by atoms with Crippen LogP contribution in [0.15, 0.2) is 51.8 Å². The Kier molecular flexibility index (Phi) is 6.73. The first-order chi connectivity index (χ1) is 11.8. The van der Waals surface area contributed by atoms with Gasteiger partial charge in [-0.1, -0.05) is 45.2 Å². The zero-order valence-electron chi connectivity index (χ0n) is 13.1. The number of para-hydroxylation sites is 1. The summed E-state index contributed by atoms with van der Waals surface area (Å²) in [4.78, 5) is 12.0. The highest BCUT2D eigenvalue weighted by atomic mass is 79.9. The molecule has 0 saturated heterocycles. The molecule has 9 heteroatoms. The zero-order chi connectivity index (χ0) is 18.6. The van der Waals surface area contributed by atoms with Gasteiger partial charge in [0.25, 0.3) is 10.0 Å². The Hall–Kier alpha value is -1.28. The lowest BCUT2D eigenvalue weighted by atomic mass is 10.3. The van der Waals surface area contributed by atoms with Crippen molar-refractivity contribution in [3.8, 4) is 0 Å². The Bertz CT molecular complexity index is 852. The molecule has 0 N–H and O–H groups in total. The lowest BCUT2D eigenvalue weighted by molar-refractivity contribution is -0.141. The fourth-order valence-corrected chi connectivity index (χ4v) is 4.48. The van der Waals surface area contributed by atoms with Gasteiger partial charge in [-0.15, -0.1) is 0 Å². The SMILES string of the molecule is CCOC(=O)CN(c1c(Cl)cccc1Cl)S(=O)(=O)c1ccc(Br)cc1. The van der Waals surface area contributed by atoms with E-state index in [1.807, 2.05) is 0 Å². The summed E-state index contributed by atoms with van der Waals surface area (Å²) in [6.07, 6.45) is 0. The molecule has 0 bridgehead atoms. The summed E-state index contributed by atoms with van der Waals surface area (Å²) in [6, 6.07) is 10.6. The Morgan fingerprint density at radius 1 is 1.12 bits per heavy atom. The van der Waals surface area contributed by atoms with Crippen LogP contribution in [0.4, 0.5) is 5.69 Å². The molecule has 0 atom stereocenters. The molecule has 0 aliphatic carbocycles. The molecule has 0 fully saturated rings. The number of rotatable bonds is 6. The molecule has 134 valence electrons. The van der Waals surface area contributed by atoms with Crippen molar-refractivity contribution in [2.75, 3.05) is 17.5 Å². The number of benzene rings is 2. The minimum atomic E-state index is -4.09. The molecular weight excluding hydrogens is 453 g/mol. The van der Waals surface area contributed by atoms with Gasteiger partial charge in [0.1, 0.15) is 6.54 Å². The first-order valence-electron chi connectivity index (χ1n) is 7.15. The Labute approximate surface area is 164 Å². The fraction of sp³-hybridized carbons (Fsp3) is 0.188. The summed E-state index contributed by atoms with van der Waals surface area (Å²) in [5, 5.41) is 0.218. The summed E-state index contributed by atoms with van der Waals surface area (Å²) >= 11 is 15.6. The van der Waals surface area contributed by atoms with Gasteiger partial charge in [0.05, 0.1) is 27.2 Å². The second-order valence-corrected chi connectivity index (χ2v) is 8.43. The van der Waals surface area contributed by atoms with Gasteiger partial charge in [0.15, 0.2) is 0 Å². The van der Waals surface area contributed by atoms with Crippen LogP contribution in [0.2, 0.25) is 10.0 Å². The van der Waals surface area contributed by atoms with Gasteiger partial charge in [-0.25, -0.2) is 8.42 Å². The minimum Gasteiger partial charge on any atom is -0.465 e. The van der Waals surface area contributed by atoms with E-state index in [-0.39, 0.29) is 27.2 Å². The summed E-state index contributed by atoms with van der Waals surface area (Å²) in [5.74, 6) is -0.709. The number of halogens is 3. The molecule has 25 heavy (non-hydrogen) atoms. The van der Waals surface area contributed by atoms with Gasteiger partial charge in [0, 0.05) is 4.47 Å². The number of ether oxygens (including phenoxy) is 1. The van der Waals surface area contributed by atoms with Gasteiger partial charge in [-0.3, -0.25) is 9.10 Å². The summed E-state index contributed by atoms with van der Waals surface area (Å²) in [5.41, 5.74) is 0.0294. The molecular formula is C16H14BrCl2NO4S. The number of carbonyl (C=O) groups excluding carboxylic acids is 1. The maximum Gasteiger partial charge on any atom is 0.326 e. The van der Waals surface area contributed by atoms with Gasteiger partial charge < -0.3 is 4.74 Å². The molecule has 0 aromatic heterocycles. The van der Waals surface area contributed by atoms with Crippen LogP contribution in [-0.4, -0.2) is 27.5 Å². The molecule has 0 spiro atoms. The third-order valence-corrected chi connectivity index (χ3v) is 6.07. The lowest BCUT2D eigenvalue weighted by Gasteiger charge is -2.25. The van der Waals surface area contributed by atoms with E-state index in [9.17, 15) is 13.2 Å². The molecule has 0 radical (unpaired) electrons. The lowest BCUT2D eigenvalue weighted by Crippen LogP contribution is -2.37. The average Bonchev–Trinajstić information content (AvgIpc) is 2.54.